The number of ether oxygens (including phenoxy) is 1. The van der Waals surface area contributed by atoms with Gasteiger partial charge < -0.3 is 14.9 Å². The van der Waals surface area contributed by atoms with Gasteiger partial charge in [0.2, 0.25) is 0 Å². The second-order valence-electron chi connectivity index (χ2n) is 7.49. The van der Waals surface area contributed by atoms with Gasteiger partial charge in [0, 0.05) is 24.6 Å². The minimum absolute atomic E-state index is 0.276. The zero-order chi connectivity index (χ0) is 21.1. The number of hydrogen-bond donors (Lipinski definition) is 2. The molecule has 1 aliphatic rings. The fourth-order valence-electron chi connectivity index (χ4n) is 4.16. The van der Waals surface area contributed by atoms with Crippen LogP contribution in [0.4, 0.5) is 0 Å². The first-order valence-electron chi connectivity index (χ1n) is 9.73. The highest BCUT2D eigenvalue weighted by Crippen LogP contribution is 2.51. The number of rotatable bonds is 6. The van der Waals surface area contributed by atoms with E-state index in [0.29, 0.717) is 29.2 Å². The molecule has 30 heavy (non-hydrogen) atoms. The summed E-state index contributed by atoms with van der Waals surface area (Å²) in [5, 5.41) is 29.6. The van der Waals surface area contributed by atoms with Crippen LogP contribution in [0.3, 0.4) is 0 Å². The largest absolute Gasteiger partial charge is 0.480 e. The van der Waals surface area contributed by atoms with E-state index in [1.54, 1.807) is 24.4 Å². The predicted molar refractivity (Wildman–Crippen MR) is 113 cm³/mol. The van der Waals surface area contributed by atoms with E-state index in [9.17, 15) is 15.5 Å². The summed E-state index contributed by atoms with van der Waals surface area (Å²) in [5.74, 6) is 0.327. The molecule has 0 fully saturated rings. The van der Waals surface area contributed by atoms with Crippen molar-refractivity contribution in [2.75, 3.05) is 6.61 Å². The number of nitrogens with zero attached hydrogens (tertiary/aromatic N) is 2. The Hall–Kier alpha value is -2.91. The number of nitriles is 1. The van der Waals surface area contributed by atoms with Crippen LogP contribution in [0.5, 0.6) is 5.75 Å². The van der Waals surface area contributed by atoms with Crippen LogP contribution < -0.4 is 4.74 Å². The van der Waals surface area contributed by atoms with Gasteiger partial charge in [0.05, 0.1) is 35.1 Å². The van der Waals surface area contributed by atoms with Crippen molar-refractivity contribution in [2.45, 2.75) is 30.5 Å². The Morgan fingerprint density at radius 2 is 1.90 bits per heavy atom. The van der Waals surface area contributed by atoms with Crippen LogP contribution >= 0.6 is 11.6 Å². The Morgan fingerprint density at radius 3 is 2.57 bits per heavy atom. The smallest absolute Gasteiger partial charge is 0.147 e. The van der Waals surface area contributed by atoms with Crippen LogP contribution in [-0.4, -0.2) is 27.9 Å². The maximum Gasteiger partial charge on any atom is 0.147 e. The summed E-state index contributed by atoms with van der Waals surface area (Å²) in [6.07, 6.45) is 1.46. The van der Waals surface area contributed by atoms with Gasteiger partial charge in [-0.25, -0.2) is 0 Å². The summed E-state index contributed by atoms with van der Waals surface area (Å²) < 4.78 is 6.57. The Labute approximate surface area is 180 Å². The van der Waals surface area contributed by atoms with Crippen LogP contribution in [0.2, 0.25) is 5.02 Å². The second kappa shape index (κ2) is 8.45. The van der Waals surface area contributed by atoms with Gasteiger partial charge in [-0.05, 0) is 29.7 Å². The van der Waals surface area contributed by atoms with Crippen LogP contribution in [0.1, 0.15) is 34.7 Å². The SMILES string of the molecule is N#Cc1ccc([C@]2([C@@H](C[C@H](O)CO)c3ccccc3)Cc3ncc(Cl)cc3O2)cc1. The Bertz CT molecular complexity index is 1070. The van der Waals surface area contributed by atoms with Crippen molar-refractivity contribution in [3.8, 4) is 11.8 Å². The number of pyridine rings is 1. The number of fused-ring (bicyclic) bond motifs is 1. The van der Waals surface area contributed by atoms with Crippen LogP contribution in [0.15, 0.2) is 66.9 Å². The van der Waals surface area contributed by atoms with E-state index in [4.69, 9.17) is 16.3 Å². The van der Waals surface area contributed by atoms with Crippen LogP contribution in [-0.2, 0) is 12.0 Å². The molecular weight excluding hydrogens is 400 g/mol. The molecule has 0 saturated heterocycles. The lowest BCUT2D eigenvalue weighted by molar-refractivity contribution is 0.0175. The first kappa shape index (κ1) is 20.4. The van der Waals surface area contributed by atoms with E-state index in [2.05, 4.69) is 11.1 Å². The molecule has 0 aliphatic carbocycles. The average Bonchev–Trinajstić information content (AvgIpc) is 3.17. The maximum absolute atomic E-state index is 10.4. The monoisotopic (exact) mass is 420 g/mol. The molecule has 0 saturated carbocycles. The topological polar surface area (TPSA) is 86.4 Å². The molecule has 2 aromatic carbocycles. The normalized spacial score (nSPS) is 19.4. The van der Waals surface area contributed by atoms with E-state index in [-0.39, 0.29) is 12.5 Å². The number of aliphatic hydroxyl groups excluding tert-OH is 2. The molecule has 5 nitrogen and oxygen atoms in total. The molecule has 152 valence electrons. The van der Waals surface area contributed by atoms with Gasteiger partial charge in [0.1, 0.15) is 11.4 Å². The minimum atomic E-state index is -0.908. The van der Waals surface area contributed by atoms with Crippen molar-refractivity contribution >= 4 is 11.6 Å². The summed E-state index contributed by atoms with van der Waals surface area (Å²) in [6, 6.07) is 21.0. The molecule has 4 rings (SSSR count). The van der Waals surface area contributed by atoms with Crippen molar-refractivity contribution in [2.24, 2.45) is 0 Å². The zero-order valence-electron chi connectivity index (χ0n) is 16.2. The Morgan fingerprint density at radius 1 is 1.17 bits per heavy atom. The van der Waals surface area contributed by atoms with E-state index in [1.165, 1.54) is 0 Å². The van der Waals surface area contributed by atoms with Crippen LogP contribution in [0.25, 0.3) is 0 Å². The summed E-state index contributed by atoms with van der Waals surface area (Å²) in [5.41, 5.74) is 2.31. The highest BCUT2D eigenvalue weighted by atomic mass is 35.5. The first-order valence-corrected chi connectivity index (χ1v) is 10.1. The summed E-state index contributed by atoms with van der Waals surface area (Å²) in [4.78, 5) is 4.47. The lowest BCUT2D eigenvalue weighted by atomic mass is 9.72. The average molecular weight is 421 g/mol. The molecule has 0 amide bonds. The lowest BCUT2D eigenvalue weighted by Gasteiger charge is -2.38. The van der Waals surface area contributed by atoms with Gasteiger partial charge >= 0.3 is 0 Å². The van der Waals surface area contributed by atoms with Crippen molar-refractivity contribution in [3.05, 3.63) is 94.3 Å². The highest BCUT2D eigenvalue weighted by molar-refractivity contribution is 6.30. The van der Waals surface area contributed by atoms with Gasteiger partial charge in [-0.2, -0.15) is 5.26 Å². The molecule has 6 heteroatoms. The molecule has 3 atom stereocenters. The molecule has 1 aromatic heterocycles. The molecule has 0 unspecified atom stereocenters. The fraction of sp³-hybridized carbons (Fsp3) is 0.250. The molecule has 0 spiro atoms. The molecule has 0 bridgehead atoms. The molecule has 2 N–H and O–H groups in total. The van der Waals surface area contributed by atoms with Crippen molar-refractivity contribution in [3.63, 3.8) is 0 Å². The van der Waals surface area contributed by atoms with E-state index < -0.39 is 11.7 Å². The van der Waals surface area contributed by atoms with Gasteiger partial charge in [-0.1, -0.05) is 54.1 Å². The summed E-state index contributed by atoms with van der Waals surface area (Å²) in [7, 11) is 0. The van der Waals surface area contributed by atoms with Crippen molar-refractivity contribution in [1.29, 1.82) is 5.26 Å². The van der Waals surface area contributed by atoms with Gasteiger partial charge in [-0.3, -0.25) is 4.98 Å². The number of aliphatic hydroxyl groups is 2. The van der Waals surface area contributed by atoms with E-state index >= 15 is 0 Å². The number of aromatic nitrogens is 1. The summed E-state index contributed by atoms with van der Waals surface area (Å²) >= 11 is 6.15. The Balaban J connectivity index is 1.88. The zero-order valence-corrected chi connectivity index (χ0v) is 17.0. The molecule has 3 aromatic rings. The molecule has 0 radical (unpaired) electrons. The van der Waals surface area contributed by atoms with Crippen molar-refractivity contribution < 1.29 is 14.9 Å². The number of halogens is 1. The molecular formula is C24H21ClN2O3. The van der Waals surface area contributed by atoms with Gasteiger partial charge in [0.15, 0.2) is 0 Å². The second-order valence-corrected chi connectivity index (χ2v) is 7.93. The third-order valence-corrected chi connectivity index (χ3v) is 5.81. The van der Waals surface area contributed by atoms with Crippen molar-refractivity contribution in [1.82, 2.24) is 4.98 Å². The minimum Gasteiger partial charge on any atom is -0.480 e. The summed E-state index contributed by atoms with van der Waals surface area (Å²) in [6.45, 7) is -0.343. The third kappa shape index (κ3) is 3.78. The quantitative estimate of drug-likeness (QED) is 0.630. The highest BCUT2D eigenvalue weighted by Gasteiger charge is 2.49. The lowest BCUT2D eigenvalue weighted by Crippen LogP contribution is -2.40. The van der Waals surface area contributed by atoms with Gasteiger partial charge in [-0.15, -0.1) is 0 Å². The molecule has 1 aliphatic heterocycles. The number of benzene rings is 2. The predicted octanol–water partition coefficient (Wildman–Crippen LogP) is 3.96. The van der Waals surface area contributed by atoms with E-state index in [1.807, 2.05) is 42.5 Å². The third-order valence-electron chi connectivity index (χ3n) is 5.61. The maximum atomic E-state index is 10.4. The molecule has 2 heterocycles. The van der Waals surface area contributed by atoms with Crippen LogP contribution in [0, 0.1) is 11.3 Å². The first-order chi connectivity index (χ1) is 14.6. The van der Waals surface area contributed by atoms with Gasteiger partial charge in [0.25, 0.3) is 0 Å². The number of hydrogen-bond acceptors (Lipinski definition) is 5. The Kier molecular flexibility index (Phi) is 5.74. The van der Waals surface area contributed by atoms with E-state index in [0.717, 1.165) is 16.8 Å². The fourth-order valence-corrected chi connectivity index (χ4v) is 4.31. The standard InChI is InChI=1S/C24H21ClN2O3/c25-19-10-23-22(27-14-19)12-24(30-23,18-8-6-16(13-26)7-9-18)21(11-20(29)15-28)17-4-2-1-3-5-17/h1-10,14,20-21,28-29H,11-12,15H2/t20-,21-,24-/m0/s1.